The Hall–Kier alpha value is -3.14. The van der Waals surface area contributed by atoms with Gasteiger partial charge in [-0.25, -0.2) is 9.97 Å². The number of benzene rings is 1. The van der Waals surface area contributed by atoms with Crippen molar-refractivity contribution in [2.45, 2.75) is 0 Å². The summed E-state index contributed by atoms with van der Waals surface area (Å²) in [5.41, 5.74) is 1.48. The second-order valence-corrected chi connectivity index (χ2v) is 5.20. The Labute approximate surface area is 134 Å². The van der Waals surface area contributed by atoms with Gasteiger partial charge in [-0.2, -0.15) is 5.26 Å². The Morgan fingerprint density at radius 2 is 1.87 bits per heavy atom. The second-order valence-electron chi connectivity index (χ2n) is 5.20. The number of nitrogens with zero attached hydrogens (tertiary/aromatic N) is 5. The lowest BCUT2D eigenvalue weighted by Gasteiger charge is -2.33. The third kappa shape index (κ3) is 3.55. The molecule has 23 heavy (non-hydrogen) atoms. The summed E-state index contributed by atoms with van der Waals surface area (Å²) in [6.07, 6.45) is 2.41. The zero-order valence-corrected chi connectivity index (χ0v) is 12.5. The number of rotatable bonds is 4. The SMILES string of the molecule is N#Cc1ccc(Nc2cc(N3CCN(C=O)CC3)ncn2)cc1. The number of aromatic nitrogens is 2. The highest BCUT2D eigenvalue weighted by Crippen LogP contribution is 2.19. The number of piperazine rings is 1. The van der Waals surface area contributed by atoms with Gasteiger partial charge in [0.05, 0.1) is 11.6 Å². The molecule has 1 N–H and O–H groups in total. The highest BCUT2D eigenvalue weighted by Gasteiger charge is 2.17. The molecule has 7 heteroatoms. The summed E-state index contributed by atoms with van der Waals surface area (Å²) < 4.78 is 0. The predicted molar refractivity (Wildman–Crippen MR) is 86.3 cm³/mol. The molecule has 3 rings (SSSR count). The fourth-order valence-electron chi connectivity index (χ4n) is 2.42. The smallest absolute Gasteiger partial charge is 0.209 e. The summed E-state index contributed by atoms with van der Waals surface area (Å²) in [7, 11) is 0. The molecule has 0 unspecified atom stereocenters. The molecule has 1 aliphatic heterocycles. The van der Waals surface area contributed by atoms with Crippen LogP contribution >= 0.6 is 0 Å². The van der Waals surface area contributed by atoms with Crippen LogP contribution in [0.2, 0.25) is 0 Å². The first-order valence-corrected chi connectivity index (χ1v) is 7.32. The number of carbonyl (C=O) groups excluding carboxylic acids is 1. The molecule has 0 bridgehead atoms. The van der Waals surface area contributed by atoms with E-state index in [9.17, 15) is 4.79 Å². The van der Waals surface area contributed by atoms with Crippen LogP contribution in [0.15, 0.2) is 36.7 Å². The molecule has 1 aromatic heterocycles. The second kappa shape index (κ2) is 6.75. The van der Waals surface area contributed by atoms with Crippen molar-refractivity contribution in [3.63, 3.8) is 0 Å². The Morgan fingerprint density at radius 3 is 2.52 bits per heavy atom. The molecule has 0 radical (unpaired) electrons. The molecule has 2 heterocycles. The number of nitriles is 1. The van der Waals surface area contributed by atoms with Crippen molar-refractivity contribution in [1.82, 2.24) is 14.9 Å². The van der Waals surface area contributed by atoms with Gasteiger partial charge in [-0.15, -0.1) is 0 Å². The van der Waals surface area contributed by atoms with Gasteiger partial charge in [0, 0.05) is 37.9 Å². The largest absolute Gasteiger partial charge is 0.353 e. The topological polar surface area (TPSA) is 85.2 Å². The number of hydrogen-bond acceptors (Lipinski definition) is 6. The number of anilines is 3. The van der Waals surface area contributed by atoms with E-state index in [2.05, 4.69) is 26.3 Å². The summed E-state index contributed by atoms with van der Waals surface area (Å²) in [6, 6.07) is 11.2. The van der Waals surface area contributed by atoms with Crippen LogP contribution in [-0.2, 0) is 4.79 Å². The average Bonchev–Trinajstić information content (AvgIpc) is 2.63. The van der Waals surface area contributed by atoms with Crippen molar-refractivity contribution >= 4 is 23.7 Å². The molecule has 1 aromatic carbocycles. The van der Waals surface area contributed by atoms with Crippen molar-refractivity contribution < 1.29 is 4.79 Å². The Balaban J connectivity index is 1.70. The zero-order valence-electron chi connectivity index (χ0n) is 12.5. The van der Waals surface area contributed by atoms with E-state index in [0.717, 1.165) is 31.0 Å². The van der Waals surface area contributed by atoms with Gasteiger partial charge in [0.25, 0.3) is 0 Å². The fraction of sp³-hybridized carbons (Fsp3) is 0.250. The number of hydrogen-bond donors (Lipinski definition) is 1. The zero-order chi connectivity index (χ0) is 16.1. The first kappa shape index (κ1) is 14.8. The summed E-state index contributed by atoms with van der Waals surface area (Å²) in [6.45, 7) is 2.91. The summed E-state index contributed by atoms with van der Waals surface area (Å²) in [5.74, 6) is 1.53. The van der Waals surface area contributed by atoms with Crippen LogP contribution in [0.5, 0.6) is 0 Å². The van der Waals surface area contributed by atoms with E-state index in [0.29, 0.717) is 24.5 Å². The first-order valence-electron chi connectivity index (χ1n) is 7.32. The molecule has 0 saturated carbocycles. The van der Waals surface area contributed by atoms with E-state index < -0.39 is 0 Å². The van der Waals surface area contributed by atoms with Crippen LogP contribution in [0.25, 0.3) is 0 Å². The molecule has 2 aromatic rings. The van der Waals surface area contributed by atoms with Gasteiger partial charge in [0.2, 0.25) is 6.41 Å². The molecule has 1 aliphatic rings. The normalized spacial score (nSPS) is 14.2. The van der Waals surface area contributed by atoms with E-state index in [1.165, 1.54) is 6.33 Å². The van der Waals surface area contributed by atoms with E-state index in [1.807, 2.05) is 18.2 Å². The van der Waals surface area contributed by atoms with Crippen LogP contribution in [-0.4, -0.2) is 47.5 Å². The quantitative estimate of drug-likeness (QED) is 0.859. The van der Waals surface area contributed by atoms with Crippen molar-refractivity contribution in [2.24, 2.45) is 0 Å². The maximum Gasteiger partial charge on any atom is 0.209 e. The minimum absolute atomic E-state index is 0.618. The summed E-state index contributed by atoms with van der Waals surface area (Å²) >= 11 is 0. The molecule has 7 nitrogen and oxygen atoms in total. The van der Waals surface area contributed by atoms with Gasteiger partial charge in [-0.3, -0.25) is 4.79 Å². The van der Waals surface area contributed by atoms with Crippen molar-refractivity contribution in [1.29, 1.82) is 5.26 Å². The highest BCUT2D eigenvalue weighted by atomic mass is 16.1. The van der Waals surface area contributed by atoms with E-state index >= 15 is 0 Å². The Kier molecular flexibility index (Phi) is 4.34. The van der Waals surface area contributed by atoms with Crippen LogP contribution in [0, 0.1) is 11.3 Å². The van der Waals surface area contributed by atoms with E-state index in [-0.39, 0.29) is 0 Å². The fourth-order valence-corrected chi connectivity index (χ4v) is 2.42. The van der Waals surface area contributed by atoms with Gasteiger partial charge in [0.15, 0.2) is 0 Å². The lowest BCUT2D eigenvalue weighted by Crippen LogP contribution is -2.46. The van der Waals surface area contributed by atoms with Gasteiger partial charge < -0.3 is 15.1 Å². The molecular formula is C16H16N6O. The molecular weight excluding hydrogens is 292 g/mol. The van der Waals surface area contributed by atoms with E-state index in [4.69, 9.17) is 5.26 Å². The van der Waals surface area contributed by atoms with Gasteiger partial charge in [-0.05, 0) is 24.3 Å². The average molecular weight is 308 g/mol. The van der Waals surface area contributed by atoms with Crippen LogP contribution in [0.4, 0.5) is 17.3 Å². The Bertz CT molecular complexity index is 716. The van der Waals surface area contributed by atoms with Crippen molar-refractivity contribution in [3.05, 3.63) is 42.2 Å². The third-order valence-electron chi connectivity index (χ3n) is 3.73. The van der Waals surface area contributed by atoms with Gasteiger partial charge in [-0.1, -0.05) is 0 Å². The van der Waals surface area contributed by atoms with Crippen LogP contribution in [0.3, 0.4) is 0 Å². The molecule has 1 fully saturated rings. The molecule has 116 valence electrons. The summed E-state index contributed by atoms with van der Waals surface area (Å²) in [4.78, 5) is 23.2. The van der Waals surface area contributed by atoms with Gasteiger partial charge >= 0.3 is 0 Å². The monoisotopic (exact) mass is 308 g/mol. The Morgan fingerprint density at radius 1 is 1.13 bits per heavy atom. The molecule has 1 amide bonds. The lowest BCUT2D eigenvalue weighted by molar-refractivity contribution is -0.118. The standard InChI is InChI=1S/C16H16N6O/c17-10-13-1-3-14(4-2-13)20-15-9-16(19-11-18-15)22-7-5-21(12-23)6-8-22/h1-4,9,11-12H,5-8H2,(H,18,19,20). The molecule has 0 spiro atoms. The number of amides is 1. The molecule has 1 saturated heterocycles. The summed E-state index contributed by atoms with van der Waals surface area (Å²) in [5, 5.41) is 12.0. The van der Waals surface area contributed by atoms with Crippen LogP contribution in [0.1, 0.15) is 5.56 Å². The maximum absolute atomic E-state index is 10.8. The third-order valence-corrected chi connectivity index (χ3v) is 3.73. The first-order chi connectivity index (χ1) is 11.3. The molecule has 0 aliphatic carbocycles. The molecule has 0 atom stereocenters. The number of nitrogens with one attached hydrogen (secondary N) is 1. The predicted octanol–water partition coefficient (Wildman–Crippen LogP) is 1.37. The van der Waals surface area contributed by atoms with Crippen molar-refractivity contribution in [2.75, 3.05) is 36.4 Å². The number of carbonyl (C=O) groups is 1. The van der Waals surface area contributed by atoms with E-state index in [1.54, 1.807) is 17.0 Å². The van der Waals surface area contributed by atoms with Gasteiger partial charge in [0.1, 0.15) is 18.0 Å². The maximum atomic E-state index is 10.8. The van der Waals surface area contributed by atoms with Crippen molar-refractivity contribution in [3.8, 4) is 6.07 Å². The minimum atomic E-state index is 0.618. The van der Waals surface area contributed by atoms with Crippen LogP contribution < -0.4 is 10.2 Å². The lowest BCUT2D eigenvalue weighted by atomic mass is 10.2. The highest BCUT2D eigenvalue weighted by molar-refractivity contribution is 5.60. The minimum Gasteiger partial charge on any atom is -0.353 e.